The van der Waals surface area contributed by atoms with E-state index in [0.29, 0.717) is 6.54 Å². The van der Waals surface area contributed by atoms with E-state index in [1.165, 1.54) is 6.42 Å². The van der Waals surface area contributed by atoms with Gasteiger partial charge in [-0.3, -0.25) is 4.79 Å². The van der Waals surface area contributed by atoms with Crippen molar-refractivity contribution < 1.29 is 14.3 Å². The minimum atomic E-state index is -0.448. The molecule has 1 fully saturated rings. The SMILES string of the molecule is CCC(C)(C)C(=O)OCCNC(=O)N1CCCCC1. The topological polar surface area (TPSA) is 58.6 Å². The highest BCUT2D eigenvalue weighted by atomic mass is 16.5. The van der Waals surface area contributed by atoms with Crippen LogP contribution in [0.25, 0.3) is 0 Å². The lowest BCUT2D eigenvalue weighted by atomic mass is 9.91. The highest BCUT2D eigenvalue weighted by Crippen LogP contribution is 2.21. The molecule has 1 aliphatic heterocycles. The molecule has 19 heavy (non-hydrogen) atoms. The molecule has 1 aliphatic rings. The van der Waals surface area contributed by atoms with Gasteiger partial charge in [-0.15, -0.1) is 0 Å². The monoisotopic (exact) mass is 270 g/mol. The number of likely N-dealkylation sites (tertiary alicyclic amines) is 1. The van der Waals surface area contributed by atoms with Crippen LogP contribution in [0.3, 0.4) is 0 Å². The number of hydrogen-bond donors (Lipinski definition) is 1. The molecule has 5 nitrogen and oxygen atoms in total. The van der Waals surface area contributed by atoms with E-state index in [1.807, 2.05) is 25.7 Å². The van der Waals surface area contributed by atoms with E-state index in [0.717, 1.165) is 32.4 Å². The highest BCUT2D eigenvalue weighted by molar-refractivity contribution is 5.76. The Balaban J connectivity index is 2.16. The van der Waals surface area contributed by atoms with Crippen LogP contribution in [0.15, 0.2) is 0 Å². The van der Waals surface area contributed by atoms with Crippen LogP contribution in [0, 0.1) is 5.41 Å². The molecular weight excluding hydrogens is 244 g/mol. The van der Waals surface area contributed by atoms with E-state index in [-0.39, 0.29) is 18.6 Å². The summed E-state index contributed by atoms with van der Waals surface area (Å²) in [5.74, 6) is -0.206. The molecule has 0 bridgehead atoms. The first kappa shape index (κ1) is 15.8. The predicted octanol–water partition coefficient (Wildman–Crippen LogP) is 2.16. The van der Waals surface area contributed by atoms with Crippen LogP contribution in [0.2, 0.25) is 0 Å². The first-order valence-corrected chi connectivity index (χ1v) is 7.17. The largest absolute Gasteiger partial charge is 0.463 e. The van der Waals surface area contributed by atoms with Crippen molar-refractivity contribution in [3.63, 3.8) is 0 Å². The lowest BCUT2D eigenvalue weighted by Crippen LogP contribution is -2.44. The lowest BCUT2D eigenvalue weighted by molar-refractivity contribution is -0.153. The van der Waals surface area contributed by atoms with Crippen molar-refractivity contribution in [3.8, 4) is 0 Å². The Hall–Kier alpha value is -1.26. The fraction of sp³-hybridized carbons (Fsp3) is 0.857. The van der Waals surface area contributed by atoms with E-state index in [9.17, 15) is 9.59 Å². The smallest absolute Gasteiger partial charge is 0.317 e. The first-order chi connectivity index (χ1) is 8.97. The molecule has 0 atom stereocenters. The molecule has 0 unspecified atom stereocenters. The first-order valence-electron chi connectivity index (χ1n) is 7.17. The number of nitrogens with one attached hydrogen (secondary N) is 1. The fourth-order valence-corrected chi connectivity index (χ4v) is 1.85. The van der Waals surface area contributed by atoms with Crippen molar-refractivity contribution in [2.75, 3.05) is 26.2 Å². The van der Waals surface area contributed by atoms with E-state index in [2.05, 4.69) is 5.32 Å². The van der Waals surface area contributed by atoms with Crippen LogP contribution in [0.4, 0.5) is 4.79 Å². The molecule has 1 N–H and O–H groups in total. The molecule has 0 spiro atoms. The third kappa shape index (κ3) is 5.09. The number of esters is 1. The fourth-order valence-electron chi connectivity index (χ4n) is 1.85. The van der Waals surface area contributed by atoms with Gasteiger partial charge in [0.1, 0.15) is 6.61 Å². The molecule has 1 heterocycles. The Morgan fingerprint density at radius 2 is 1.84 bits per heavy atom. The van der Waals surface area contributed by atoms with Crippen molar-refractivity contribution in [3.05, 3.63) is 0 Å². The minimum Gasteiger partial charge on any atom is -0.463 e. The van der Waals surface area contributed by atoms with Crippen molar-refractivity contribution in [1.82, 2.24) is 10.2 Å². The number of urea groups is 1. The normalized spacial score (nSPS) is 16.1. The Labute approximate surface area is 115 Å². The standard InChI is InChI=1S/C14H26N2O3/c1-4-14(2,3)12(17)19-11-8-15-13(18)16-9-6-5-7-10-16/h4-11H2,1-3H3,(H,15,18). The van der Waals surface area contributed by atoms with Crippen LogP contribution >= 0.6 is 0 Å². The third-order valence-corrected chi connectivity index (χ3v) is 3.69. The molecule has 0 aliphatic carbocycles. The van der Waals surface area contributed by atoms with Crippen LogP contribution in [0.5, 0.6) is 0 Å². The highest BCUT2D eigenvalue weighted by Gasteiger charge is 2.26. The molecule has 0 aromatic rings. The molecule has 110 valence electrons. The summed E-state index contributed by atoms with van der Waals surface area (Å²) in [7, 11) is 0. The second-order valence-corrected chi connectivity index (χ2v) is 5.65. The third-order valence-electron chi connectivity index (χ3n) is 3.69. The van der Waals surface area contributed by atoms with Gasteiger partial charge in [0.25, 0.3) is 0 Å². The van der Waals surface area contributed by atoms with Gasteiger partial charge in [-0.05, 0) is 39.5 Å². The second kappa shape index (κ2) is 7.36. The van der Waals surface area contributed by atoms with Crippen molar-refractivity contribution in [1.29, 1.82) is 0 Å². The molecule has 2 amide bonds. The molecule has 0 saturated carbocycles. The maximum absolute atomic E-state index is 11.8. The van der Waals surface area contributed by atoms with Gasteiger partial charge in [0.2, 0.25) is 0 Å². The molecule has 0 aromatic heterocycles. The van der Waals surface area contributed by atoms with Crippen LogP contribution in [-0.4, -0.2) is 43.1 Å². The molecule has 0 radical (unpaired) electrons. The number of piperidine rings is 1. The number of nitrogens with zero attached hydrogens (tertiary/aromatic N) is 1. The van der Waals surface area contributed by atoms with Gasteiger partial charge in [0, 0.05) is 13.1 Å². The van der Waals surface area contributed by atoms with Crippen LogP contribution < -0.4 is 5.32 Å². The summed E-state index contributed by atoms with van der Waals surface area (Å²) in [6.45, 7) is 7.95. The van der Waals surface area contributed by atoms with E-state index < -0.39 is 5.41 Å². The summed E-state index contributed by atoms with van der Waals surface area (Å²) in [6, 6.07) is -0.0505. The summed E-state index contributed by atoms with van der Waals surface area (Å²) in [6.07, 6.45) is 4.10. The van der Waals surface area contributed by atoms with Gasteiger partial charge in [-0.2, -0.15) is 0 Å². The van der Waals surface area contributed by atoms with Crippen molar-refractivity contribution in [2.45, 2.75) is 46.5 Å². The summed E-state index contributed by atoms with van der Waals surface area (Å²) in [5.41, 5.74) is -0.448. The maximum Gasteiger partial charge on any atom is 0.317 e. The zero-order valence-electron chi connectivity index (χ0n) is 12.3. The van der Waals surface area contributed by atoms with Crippen LogP contribution in [0.1, 0.15) is 46.5 Å². The average Bonchev–Trinajstić information content (AvgIpc) is 2.43. The zero-order valence-corrected chi connectivity index (χ0v) is 12.3. The summed E-state index contributed by atoms with van der Waals surface area (Å²) >= 11 is 0. The van der Waals surface area contributed by atoms with Gasteiger partial charge in [-0.25, -0.2) is 4.79 Å². The molecule has 5 heteroatoms. The molecule has 0 aromatic carbocycles. The Kier molecular flexibility index (Phi) is 6.12. The summed E-state index contributed by atoms with van der Waals surface area (Å²) in [5, 5.41) is 2.79. The van der Waals surface area contributed by atoms with Crippen molar-refractivity contribution in [2.24, 2.45) is 5.41 Å². The van der Waals surface area contributed by atoms with E-state index in [1.54, 1.807) is 0 Å². The summed E-state index contributed by atoms with van der Waals surface area (Å²) in [4.78, 5) is 25.3. The number of rotatable bonds is 5. The van der Waals surface area contributed by atoms with Crippen molar-refractivity contribution >= 4 is 12.0 Å². The van der Waals surface area contributed by atoms with Crippen LogP contribution in [-0.2, 0) is 9.53 Å². The second-order valence-electron chi connectivity index (χ2n) is 5.65. The van der Waals surface area contributed by atoms with Gasteiger partial charge >= 0.3 is 12.0 Å². The minimum absolute atomic E-state index is 0.0505. The maximum atomic E-state index is 11.8. The van der Waals surface area contributed by atoms with Gasteiger partial charge in [0.05, 0.1) is 12.0 Å². The number of ether oxygens (including phenoxy) is 1. The van der Waals surface area contributed by atoms with Gasteiger partial charge in [-0.1, -0.05) is 6.92 Å². The van der Waals surface area contributed by atoms with Gasteiger partial charge in [0.15, 0.2) is 0 Å². The Morgan fingerprint density at radius 1 is 1.21 bits per heavy atom. The van der Waals surface area contributed by atoms with E-state index in [4.69, 9.17) is 4.74 Å². The molecule has 1 saturated heterocycles. The Bertz CT molecular complexity index is 310. The molecular formula is C14H26N2O3. The quantitative estimate of drug-likeness (QED) is 0.615. The lowest BCUT2D eigenvalue weighted by Gasteiger charge is -2.27. The number of hydrogen-bond acceptors (Lipinski definition) is 3. The summed E-state index contributed by atoms with van der Waals surface area (Å²) < 4.78 is 5.16. The van der Waals surface area contributed by atoms with E-state index >= 15 is 0 Å². The number of amides is 2. The zero-order chi connectivity index (χ0) is 14.3. The molecule has 1 rings (SSSR count). The Morgan fingerprint density at radius 3 is 2.42 bits per heavy atom. The number of carbonyl (C=O) groups is 2. The number of carbonyl (C=O) groups excluding carboxylic acids is 2. The van der Waals surface area contributed by atoms with Gasteiger partial charge < -0.3 is 15.0 Å². The predicted molar refractivity (Wildman–Crippen MR) is 73.9 cm³/mol. The average molecular weight is 270 g/mol.